The summed E-state index contributed by atoms with van der Waals surface area (Å²) in [4.78, 5) is 4.60. The Kier molecular flexibility index (Phi) is 5.78. The zero-order chi connectivity index (χ0) is 17.6. The minimum absolute atomic E-state index is 0.134. The summed E-state index contributed by atoms with van der Waals surface area (Å²) in [5, 5.41) is 25.7. The van der Waals surface area contributed by atoms with E-state index in [1.54, 1.807) is 6.21 Å². The third-order valence-corrected chi connectivity index (χ3v) is 4.59. The van der Waals surface area contributed by atoms with Crippen molar-refractivity contribution in [3.8, 4) is 11.4 Å². The summed E-state index contributed by atoms with van der Waals surface area (Å²) in [5.74, 6) is 1.64. The molecule has 0 amide bonds. The highest BCUT2D eigenvalue weighted by atomic mass is 16.5. The summed E-state index contributed by atoms with van der Waals surface area (Å²) >= 11 is 0. The number of rotatable bonds is 7. The molecule has 1 fully saturated rings. The van der Waals surface area contributed by atoms with Crippen molar-refractivity contribution < 1.29 is 15.0 Å². The maximum absolute atomic E-state index is 9.09. The molecule has 2 aromatic rings. The van der Waals surface area contributed by atoms with E-state index in [1.165, 1.54) is 0 Å². The Hall–Kier alpha value is -2.25. The van der Waals surface area contributed by atoms with Gasteiger partial charge in [0.2, 0.25) is 11.7 Å². The van der Waals surface area contributed by atoms with E-state index in [2.05, 4.69) is 20.8 Å². The molecule has 1 aromatic carbocycles. The van der Waals surface area contributed by atoms with E-state index < -0.39 is 0 Å². The molecule has 0 radical (unpaired) electrons. The van der Waals surface area contributed by atoms with Crippen molar-refractivity contribution >= 4 is 11.9 Å². The van der Waals surface area contributed by atoms with Crippen molar-refractivity contribution in [2.45, 2.75) is 38.1 Å². The van der Waals surface area contributed by atoms with Gasteiger partial charge in [-0.3, -0.25) is 5.41 Å². The Morgan fingerprint density at radius 3 is 2.96 bits per heavy atom. The van der Waals surface area contributed by atoms with Gasteiger partial charge in [0, 0.05) is 29.8 Å². The molecule has 0 aliphatic carbocycles. The standard InChI is InChI=1S/C18H25N5O2/c1-12(6-9-24)21-16-10-14(2-3-15(16)11-19)17-22-18(25-23-17)13-4-7-20-8-5-13/h2-3,10-13,19-21,24H,4-9H2,1H3/p+1. The largest absolute Gasteiger partial charge is 0.396 e. The lowest BCUT2D eigenvalue weighted by molar-refractivity contribution is -0.104. The minimum atomic E-state index is 0.134. The van der Waals surface area contributed by atoms with Crippen LogP contribution in [0.4, 0.5) is 5.69 Å². The van der Waals surface area contributed by atoms with Gasteiger partial charge in [0.25, 0.3) is 0 Å². The molecule has 134 valence electrons. The van der Waals surface area contributed by atoms with Crippen LogP contribution in [0, 0.1) is 0 Å². The highest BCUT2D eigenvalue weighted by Crippen LogP contribution is 2.28. The van der Waals surface area contributed by atoms with Gasteiger partial charge >= 0.3 is 0 Å². The Bertz CT molecular complexity index is 709. The Balaban J connectivity index is 1.82. The predicted molar refractivity (Wildman–Crippen MR) is 96.5 cm³/mol. The van der Waals surface area contributed by atoms with Crippen molar-refractivity contribution in [1.82, 2.24) is 15.5 Å². The SMILES string of the molecule is CC(CCO)Nc1cc(-c2noc(C3CCNCC3)n2)ccc1C=[NH2+]. The van der Waals surface area contributed by atoms with E-state index in [9.17, 15) is 0 Å². The molecular weight excluding hydrogens is 318 g/mol. The van der Waals surface area contributed by atoms with Crippen LogP contribution >= 0.6 is 0 Å². The number of hydrogen-bond acceptors (Lipinski definition) is 6. The van der Waals surface area contributed by atoms with Crippen LogP contribution in [-0.2, 0) is 0 Å². The van der Waals surface area contributed by atoms with Gasteiger partial charge in [-0.1, -0.05) is 11.2 Å². The van der Waals surface area contributed by atoms with Gasteiger partial charge in [-0.05, 0) is 51.4 Å². The maximum Gasteiger partial charge on any atom is 0.230 e. The maximum atomic E-state index is 9.09. The molecule has 0 saturated carbocycles. The van der Waals surface area contributed by atoms with E-state index in [0.717, 1.165) is 42.7 Å². The number of nitrogens with zero attached hydrogens (tertiary/aromatic N) is 2. The molecule has 1 saturated heterocycles. The van der Waals surface area contributed by atoms with E-state index in [0.29, 0.717) is 24.1 Å². The van der Waals surface area contributed by atoms with Crippen LogP contribution in [0.25, 0.3) is 11.4 Å². The lowest BCUT2D eigenvalue weighted by Crippen LogP contribution is -2.30. The molecule has 7 heteroatoms. The van der Waals surface area contributed by atoms with Crippen LogP contribution < -0.4 is 16.0 Å². The summed E-state index contributed by atoms with van der Waals surface area (Å²) in [6, 6.07) is 5.99. The average Bonchev–Trinajstić information content (AvgIpc) is 3.13. The van der Waals surface area contributed by atoms with Gasteiger partial charge in [-0.2, -0.15) is 4.98 Å². The van der Waals surface area contributed by atoms with Crippen molar-refractivity contribution in [3.05, 3.63) is 29.7 Å². The molecule has 2 heterocycles. The van der Waals surface area contributed by atoms with E-state index >= 15 is 0 Å². The number of hydrogen-bond donors (Lipinski definition) is 4. The van der Waals surface area contributed by atoms with Gasteiger partial charge in [0.05, 0.1) is 5.56 Å². The first-order valence-corrected chi connectivity index (χ1v) is 8.82. The normalized spacial score (nSPS) is 16.6. The number of aliphatic hydroxyl groups is 1. The molecule has 7 nitrogen and oxygen atoms in total. The van der Waals surface area contributed by atoms with Gasteiger partial charge in [-0.25, -0.2) is 0 Å². The Labute approximate surface area is 147 Å². The molecule has 1 aliphatic rings. The molecule has 0 bridgehead atoms. The number of piperidine rings is 1. The number of anilines is 1. The molecule has 25 heavy (non-hydrogen) atoms. The first-order chi connectivity index (χ1) is 12.2. The van der Waals surface area contributed by atoms with Crippen LogP contribution in [0.3, 0.4) is 0 Å². The Morgan fingerprint density at radius 1 is 1.44 bits per heavy atom. The predicted octanol–water partition coefficient (Wildman–Crippen LogP) is 0.564. The Morgan fingerprint density at radius 2 is 2.24 bits per heavy atom. The second-order valence-electron chi connectivity index (χ2n) is 6.51. The molecule has 0 spiro atoms. The smallest absolute Gasteiger partial charge is 0.230 e. The topological polar surface area (TPSA) is 109 Å². The number of nitrogens with one attached hydrogen (secondary N) is 2. The van der Waals surface area contributed by atoms with E-state index in [4.69, 9.17) is 15.0 Å². The monoisotopic (exact) mass is 344 g/mol. The van der Waals surface area contributed by atoms with Gasteiger partial charge in [0.15, 0.2) is 6.21 Å². The van der Waals surface area contributed by atoms with Gasteiger partial charge in [-0.15, -0.1) is 0 Å². The van der Waals surface area contributed by atoms with Crippen molar-refractivity contribution in [2.75, 3.05) is 25.0 Å². The van der Waals surface area contributed by atoms with E-state index in [1.807, 2.05) is 25.1 Å². The molecular formula is C18H26N5O2+. The lowest BCUT2D eigenvalue weighted by Gasteiger charge is -2.18. The van der Waals surface area contributed by atoms with Crippen LogP contribution in [0.15, 0.2) is 22.7 Å². The average molecular weight is 344 g/mol. The first-order valence-electron chi connectivity index (χ1n) is 8.82. The first kappa shape index (κ1) is 17.6. The second kappa shape index (κ2) is 8.22. The third kappa shape index (κ3) is 4.24. The summed E-state index contributed by atoms with van der Waals surface area (Å²) in [5.41, 5.74) is 2.68. The lowest BCUT2D eigenvalue weighted by atomic mass is 9.98. The number of aliphatic hydroxyl groups excluding tert-OH is 1. The quantitative estimate of drug-likeness (QED) is 0.547. The molecule has 1 atom stereocenters. The summed E-state index contributed by atoms with van der Waals surface area (Å²) in [6.07, 6.45) is 4.27. The highest BCUT2D eigenvalue weighted by molar-refractivity contribution is 5.86. The minimum Gasteiger partial charge on any atom is -0.396 e. The molecule has 1 unspecified atom stereocenters. The third-order valence-electron chi connectivity index (χ3n) is 4.59. The molecule has 3 rings (SSSR count). The van der Waals surface area contributed by atoms with Crippen molar-refractivity contribution in [1.29, 1.82) is 0 Å². The second-order valence-corrected chi connectivity index (χ2v) is 6.51. The summed E-state index contributed by atoms with van der Waals surface area (Å²) in [6.45, 7) is 4.13. The van der Waals surface area contributed by atoms with Crippen LogP contribution in [-0.4, -0.2) is 47.2 Å². The highest BCUT2D eigenvalue weighted by Gasteiger charge is 2.22. The fourth-order valence-corrected chi connectivity index (χ4v) is 3.08. The van der Waals surface area contributed by atoms with Gasteiger partial charge < -0.3 is 20.3 Å². The zero-order valence-corrected chi connectivity index (χ0v) is 14.5. The van der Waals surface area contributed by atoms with Crippen molar-refractivity contribution in [3.63, 3.8) is 0 Å². The summed E-state index contributed by atoms with van der Waals surface area (Å²) < 4.78 is 5.50. The molecule has 5 N–H and O–H groups in total. The molecule has 1 aromatic heterocycles. The van der Waals surface area contributed by atoms with Crippen LogP contribution in [0.2, 0.25) is 0 Å². The fourth-order valence-electron chi connectivity index (χ4n) is 3.08. The number of aromatic nitrogens is 2. The molecule has 1 aliphatic heterocycles. The van der Waals surface area contributed by atoms with Crippen LogP contribution in [0.5, 0.6) is 0 Å². The zero-order valence-electron chi connectivity index (χ0n) is 14.5. The van der Waals surface area contributed by atoms with Crippen molar-refractivity contribution in [2.24, 2.45) is 0 Å². The van der Waals surface area contributed by atoms with Crippen LogP contribution in [0.1, 0.15) is 43.6 Å². The fraction of sp³-hybridized carbons (Fsp3) is 0.500. The summed E-state index contributed by atoms with van der Waals surface area (Å²) in [7, 11) is 0. The van der Waals surface area contributed by atoms with Gasteiger partial charge in [0.1, 0.15) is 0 Å². The van der Waals surface area contributed by atoms with E-state index in [-0.39, 0.29) is 12.6 Å². The number of nitrogens with two attached hydrogens (primary N) is 1. The number of benzene rings is 1.